The average Bonchev–Trinajstić information content (AvgIpc) is 3.28. The number of carboxylic acids is 2. The van der Waals surface area contributed by atoms with E-state index in [1.807, 2.05) is 0 Å². The summed E-state index contributed by atoms with van der Waals surface area (Å²) in [5, 5.41) is 25.3. The Labute approximate surface area is 204 Å². The number of carboxylic acid groups (broad SMARTS) is 2. The van der Waals surface area contributed by atoms with Crippen LogP contribution in [0, 0.1) is 0 Å². The number of thiocarbonyl (C=S) groups is 2. The van der Waals surface area contributed by atoms with Crippen LogP contribution in [0.5, 0.6) is 0 Å². The SMILES string of the molecule is O.O=C(O)CN1C(=O)/C(=C(\C(=O)O)c2csc(NC(=S)NC(=O)c3ccccc3)n2)SC1=S. The molecule has 172 valence electrons. The minimum atomic E-state index is -1.43. The number of nitrogens with zero attached hydrogens (tertiary/aromatic N) is 2. The first-order valence-corrected chi connectivity index (χ1v) is 11.0. The van der Waals surface area contributed by atoms with Gasteiger partial charge in [0.05, 0.1) is 10.6 Å². The highest BCUT2D eigenvalue weighted by Gasteiger charge is 2.38. The number of thiazole rings is 1. The summed E-state index contributed by atoms with van der Waals surface area (Å²) in [6.45, 7) is -0.680. The third kappa shape index (κ3) is 6.17. The zero-order chi connectivity index (χ0) is 23.4. The van der Waals surface area contributed by atoms with Crippen molar-refractivity contribution in [1.82, 2.24) is 15.2 Å². The lowest BCUT2D eigenvalue weighted by Gasteiger charge is -2.10. The minimum absolute atomic E-state index is 0. The van der Waals surface area contributed by atoms with E-state index in [4.69, 9.17) is 29.5 Å². The van der Waals surface area contributed by atoms with E-state index in [1.54, 1.807) is 30.3 Å². The molecular formula is C18H14N4O7S4. The van der Waals surface area contributed by atoms with Crippen LogP contribution in [-0.2, 0) is 14.4 Å². The number of carbonyl (C=O) groups excluding carboxylic acids is 2. The molecule has 1 aliphatic rings. The number of aliphatic carboxylic acids is 2. The number of nitrogens with one attached hydrogen (secondary N) is 2. The largest absolute Gasteiger partial charge is 0.480 e. The number of amides is 2. The highest BCUT2D eigenvalue weighted by Crippen LogP contribution is 2.37. The first-order valence-electron chi connectivity index (χ1n) is 8.53. The average molecular weight is 527 g/mol. The van der Waals surface area contributed by atoms with Crippen LogP contribution >= 0.6 is 47.5 Å². The van der Waals surface area contributed by atoms with E-state index in [0.29, 0.717) is 17.3 Å². The second kappa shape index (κ2) is 11.1. The quantitative estimate of drug-likeness (QED) is 0.313. The number of aromatic nitrogens is 1. The van der Waals surface area contributed by atoms with Crippen molar-refractivity contribution >= 4 is 91.4 Å². The van der Waals surface area contributed by atoms with Gasteiger partial charge in [-0.3, -0.25) is 24.6 Å². The van der Waals surface area contributed by atoms with Gasteiger partial charge in [0.15, 0.2) is 10.2 Å². The molecule has 1 aliphatic heterocycles. The molecule has 0 unspecified atom stereocenters. The summed E-state index contributed by atoms with van der Waals surface area (Å²) in [4.78, 5) is 52.2. The van der Waals surface area contributed by atoms with Gasteiger partial charge in [-0.25, -0.2) is 9.78 Å². The normalized spacial score (nSPS) is 14.4. The topological polar surface area (TPSA) is 180 Å². The van der Waals surface area contributed by atoms with Crippen molar-refractivity contribution in [2.75, 3.05) is 11.9 Å². The van der Waals surface area contributed by atoms with Gasteiger partial charge in [0.1, 0.15) is 16.4 Å². The van der Waals surface area contributed by atoms with Crippen LogP contribution in [0.15, 0.2) is 40.6 Å². The number of hydrogen-bond donors (Lipinski definition) is 4. The van der Waals surface area contributed by atoms with Crippen LogP contribution in [0.3, 0.4) is 0 Å². The van der Waals surface area contributed by atoms with Crippen molar-refractivity contribution in [3.05, 3.63) is 51.9 Å². The van der Waals surface area contributed by atoms with Gasteiger partial charge in [-0.2, -0.15) is 0 Å². The highest BCUT2D eigenvalue weighted by molar-refractivity contribution is 8.26. The first-order chi connectivity index (χ1) is 15.2. The molecule has 1 aromatic heterocycles. The van der Waals surface area contributed by atoms with Gasteiger partial charge < -0.3 is 21.0 Å². The van der Waals surface area contributed by atoms with Gasteiger partial charge in [0, 0.05) is 10.9 Å². The fraction of sp³-hybridized carbons (Fsp3) is 0.0556. The summed E-state index contributed by atoms with van der Waals surface area (Å²) in [5.41, 5.74) is -0.0650. The minimum Gasteiger partial charge on any atom is -0.480 e. The Balaban J connectivity index is 0.00000385. The monoisotopic (exact) mass is 526 g/mol. The maximum Gasteiger partial charge on any atom is 0.339 e. The predicted octanol–water partition coefficient (Wildman–Crippen LogP) is 1.19. The predicted molar refractivity (Wildman–Crippen MR) is 130 cm³/mol. The Morgan fingerprint density at radius 1 is 1.15 bits per heavy atom. The third-order valence-corrected chi connectivity index (χ3v) is 6.24. The zero-order valence-electron chi connectivity index (χ0n) is 16.2. The smallest absolute Gasteiger partial charge is 0.339 e. The van der Waals surface area contributed by atoms with Gasteiger partial charge in [-0.1, -0.05) is 42.2 Å². The highest BCUT2D eigenvalue weighted by atomic mass is 32.2. The van der Waals surface area contributed by atoms with Gasteiger partial charge in [-0.15, -0.1) is 11.3 Å². The Hall–Kier alpha value is -3.24. The lowest BCUT2D eigenvalue weighted by molar-refractivity contribution is -0.140. The van der Waals surface area contributed by atoms with Crippen LogP contribution in [0.25, 0.3) is 5.57 Å². The molecule has 11 nitrogen and oxygen atoms in total. The molecule has 1 aromatic carbocycles. The molecule has 0 saturated carbocycles. The van der Waals surface area contributed by atoms with Crippen molar-refractivity contribution in [2.24, 2.45) is 0 Å². The molecular weight excluding hydrogens is 512 g/mol. The van der Waals surface area contributed by atoms with E-state index in [9.17, 15) is 24.3 Å². The Morgan fingerprint density at radius 3 is 2.42 bits per heavy atom. The fourth-order valence-corrected chi connectivity index (χ4v) is 4.76. The van der Waals surface area contributed by atoms with Crippen molar-refractivity contribution in [1.29, 1.82) is 0 Å². The van der Waals surface area contributed by atoms with E-state index in [-0.39, 0.29) is 30.6 Å². The molecule has 33 heavy (non-hydrogen) atoms. The molecule has 2 heterocycles. The van der Waals surface area contributed by atoms with E-state index >= 15 is 0 Å². The van der Waals surface area contributed by atoms with Gasteiger partial charge in [0.25, 0.3) is 11.8 Å². The molecule has 2 amide bonds. The zero-order valence-corrected chi connectivity index (χ0v) is 19.5. The second-order valence-electron chi connectivity index (χ2n) is 5.97. The molecule has 0 bridgehead atoms. The van der Waals surface area contributed by atoms with Gasteiger partial charge in [0.2, 0.25) is 0 Å². The number of thioether (sulfide) groups is 1. The summed E-state index contributed by atoms with van der Waals surface area (Å²) >= 11 is 11.8. The molecule has 0 atom stereocenters. The van der Waals surface area contributed by atoms with E-state index < -0.39 is 35.9 Å². The summed E-state index contributed by atoms with van der Waals surface area (Å²) in [6.07, 6.45) is 0. The first kappa shape index (κ1) is 26.0. The maximum atomic E-state index is 12.5. The van der Waals surface area contributed by atoms with Crippen LogP contribution in [0.2, 0.25) is 0 Å². The van der Waals surface area contributed by atoms with Gasteiger partial charge >= 0.3 is 11.9 Å². The summed E-state index contributed by atoms with van der Waals surface area (Å²) in [5.74, 6) is -3.98. The molecule has 1 fully saturated rings. The molecule has 15 heteroatoms. The Kier molecular flexibility index (Phi) is 8.72. The lowest BCUT2D eigenvalue weighted by atomic mass is 10.2. The van der Waals surface area contributed by atoms with Gasteiger partial charge in [-0.05, 0) is 24.4 Å². The van der Waals surface area contributed by atoms with Crippen LogP contribution < -0.4 is 10.6 Å². The third-order valence-electron chi connectivity index (χ3n) is 3.83. The summed E-state index contributed by atoms with van der Waals surface area (Å²) < 4.78 is -0.0652. The van der Waals surface area contributed by atoms with E-state index in [2.05, 4.69) is 15.6 Å². The molecule has 2 aromatic rings. The number of carbonyl (C=O) groups is 4. The van der Waals surface area contributed by atoms with Crippen LogP contribution in [-0.4, -0.2) is 65.3 Å². The lowest BCUT2D eigenvalue weighted by Crippen LogP contribution is -2.34. The van der Waals surface area contributed by atoms with E-state index in [1.165, 1.54) is 5.38 Å². The van der Waals surface area contributed by atoms with Crippen LogP contribution in [0.4, 0.5) is 5.13 Å². The molecule has 1 saturated heterocycles. The Bertz CT molecular complexity index is 1180. The fourth-order valence-electron chi connectivity index (χ4n) is 2.48. The number of rotatable bonds is 6. The van der Waals surface area contributed by atoms with Crippen molar-refractivity contribution in [3.8, 4) is 0 Å². The van der Waals surface area contributed by atoms with Crippen molar-refractivity contribution in [2.45, 2.75) is 0 Å². The molecule has 0 spiro atoms. The number of benzene rings is 1. The molecule has 3 rings (SSSR count). The molecule has 0 radical (unpaired) electrons. The number of hydrogen-bond acceptors (Lipinski definition) is 9. The van der Waals surface area contributed by atoms with Crippen molar-refractivity contribution in [3.63, 3.8) is 0 Å². The standard InChI is InChI=1S/C18H12N4O6S4.H2O/c23-10(24)6-22-14(26)12(32-18(22)30)11(15(27)28)9-7-31-17(19-9)21-16(29)20-13(25)8-4-2-1-3-5-8;/h1-5,7H,6H2,(H,23,24)(H,27,28)(H2,19,20,21,25,29);1H2/b12-11+;. The van der Waals surface area contributed by atoms with Crippen molar-refractivity contribution < 1.29 is 34.9 Å². The van der Waals surface area contributed by atoms with Crippen LogP contribution in [0.1, 0.15) is 16.1 Å². The molecule has 0 aliphatic carbocycles. The number of anilines is 1. The summed E-state index contributed by atoms with van der Waals surface area (Å²) in [6, 6.07) is 8.38. The van der Waals surface area contributed by atoms with E-state index in [0.717, 1.165) is 16.2 Å². The summed E-state index contributed by atoms with van der Waals surface area (Å²) in [7, 11) is 0. The Morgan fingerprint density at radius 2 is 1.82 bits per heavy atom. The maximum absolute atomic E-state index is 12.5. The molecule has 6 N–H and O–H groups in total. The second-order valence-corrected chi connectivity index (χ2v) is 8.88.